The van der Waals surface area contributed by atoms with Crippen LogP contribution in [0.5, 0.6) is 0 Å². The number of carbonyl (C=O) groups is 1. The first-order valence-electron chi connectivity index (χ1n) is 6.94. The zero-order chi connectivity index (χ0) is 15.4. The fraction of sp³-hybridized carbons (Fsp3) is 0.312. The first-order valence-corrected chi connectivity index (χ1v) is 7.82. The van der Waals surface area contributed by atoms with Crippen LogP contribution in [0.25, 0.3) is 0 Å². The van der Waals surface area contributed by atoms with Gasteiger partial charge in [-0.3, -0.25) is 10.6 Å². The lowest BCUT2D eigenvalue weighted by Gasteiger charge is -2.22. The van der Waals surface area contributed by atoms with E-state index < -0.39 is 0 Å². The molecule has 0 aliphatic rings. The third-order valence-electron chi connectivity index (χ3n) is 3.38. The number of rotatable bonds is 5. The van der Waals surface area contributed by atoms with Gasteiger partial charge in [0.15, 0.2) is 0 Å². The molecule has 0 saturated heterocycles. The van der Waals surface area contributed by atoms with E-state index in [2.05, 4.69) is 24.6 Å². The summed E-state index contributed by atoms with van der Waals surface area (Å²) < 4.78 is 0. The van der Waals surface area contributed by atoms with Gasteiger partial charge in [-0.2, -0.15) is 0 Å². The number of nitrogens with two attached hydrogens (primary N) is 1. The molecule has 5 heteroatoms. The molecular formula is C16H21N3OS. The molecular weight excluding hydrogens is 282 g/mol. The molecule has 0 aliphatic heterocycles. The predicted molar refractivity (Wildman–Crippen MR) is 88.4 cm³/mol. The van der Waals surface area contributed by atoms with Crippen LogP contribution in [0.3, 0.4) is 0 Å². The number of benzene rings is 1. The Balaban J connectivity index is 2.26. The molecule has 1 aromatic carbocycles. The average Bonchev–Trinajstić information content (AvgIpc) is 2.97. The van der Waals surface area contributed by atoms with Crippen molar-refractivity contribution in [1.29, 1.82) is 0 Å². The second-order valence-electron chi connectivity index (χ2n) is 5.40. The van der Waals surface area contributed by atoms with Gasteiger partial charge < -0.3 is 10.7 Å². The van der Waals surface area contributed by atoms with Gasteiger partial charge in [-0.15, -0.1) is 11.3 Å². The molecule has 4 nitrogen and oxygen atoms in total. The summed E-state index contributed by atoms with van der Waals surface area (Å²) in [5.74, 6) is 5.70. The van der Waals surface area contributed by atoms with E-state index in [9.17, 15) is 4.79 Å². The summed E-state index contributed by atoms with van der Waals surface area (Å²) in [7, 11) is 0. The van der Waals surface area contributed by atoms with Crippen LogP contribution in [-0.4, -0.2) is 5.91 Å². The minimum Gasteiger partial charge on any atom is -0.344 e. The van der Waals surface area contributed by atoms with Crippen LogP contribution in [-0.2, 0) is 0 Å². The number of hydrogen-bond donors (Lipinski definition) is 3. The highest BCUT2D eigenvalue weighted by molar-refractivity contribution is 7.10. The fourth-order valence-corrected chi connectivity index (χ4v) is 3.17. The molecule has 2 rings (SSSR count). The summed E-state index contributed by atoms with van der Waals surface area (Å²) >= 11 is 1.65. The number of hydrogen-bond acceptors (Lipinski definition) is 4. The SMILES string of the molecule is Cc1ccc(NN)c(C(=O)NC(c2cccs2)C(C)C)c1. The molecule has 4 N–H and O–H groups in total. The van der Waals surface area contributed by atoms with E-state index in [0.29, 0.717) is 17.2 Å². The van der Waals surface area contributed by atoms with Crippen molar-refractivity contribution in [3.63, 3.8) is 0 Å². The minimum atomic E-state index is -0.112. The molecule has 1 unspecified atom stereocenters. The topological polar surface area (TPSA) is 67.1 Å². The lowest BCUT2D eigenvalue weighted by Crippen LogP contribution is -2.32. The molecule has 1 atom stereocenters. The van der Waals surface area contributed by atoms with Crippen molar-refractivity contribution in [3.8, 4) is 0 Å². The maximum atomic E-state index is 12.6. The van der Waals surface area contributed by atoms with Crippen molar-refractivity contribution in [2.75, 3.05) is 5.43 Å². The van der Waals surface area contributed by atoms with Crippen molar-refractivity contribution in [2.24, 2.45) is 11.8 Å². The van der Waals surface area contributed by atoms with E-state index in [4.69, 9.17) is 5.84 Å². The van der Waals surface area contributed by atoms with Gasteiger partial charge in [0.2, 0.25) is 0 Å². The molecule has 0 aliphatic carbocycles. The molecule has 21 heavy (non-hydrogen) atoms. The standard InChI is InChI=1S/C16H21N3OS/c1-10(2)15(14-5-4-8-21-14)18-16(20)12-9-11(3)6-7-13(12)19-17/h4-10,15,19H,17H2,1-3H3,(H,18,20). The van der Waals surface area contributed by atoms with Crippen LogP contribution in [0.2, 0.25) is 0 Å². The summed E-state index contributed by atoms with van der Waals surface area (Å²) in [6.45, 7) is 6.16. The Bertz CT molecular complexity index is 608. The van der Waals surface area contributed by atoms with Crippen molar-refractivity contribution in [2.45, 2.75) is 26.8 Å². The van der Waals surface area contributed by atoms with E-state index >= 15 is 0 Å². The first kappa shape index (κ1) is 15.5. The number of hydrazine groups is 1. The van der Waals surface area contributed by atoms with Crippen molar-refractivity contribution < 1.29 is 4.79 Å². The smallest absolute Gasteiger partial charge is 0.253 e. The van der Waals surface area contributed by atoms with Gasteiger partial charge in [0.25, 0.3) is 5.91 Å². The van der Waals surface area contributed by atoms with Gasteiger partial charge in [0, 0.05) is 4.88 Å². The van der Waals surface area contributed by atoms with Crippen LogP contribution >= 0.6 is 11.3 Å². The average molecular weight is 303 g/mol. The highest BCUT2D eigenvalue weighted by atomic mass is 32.1. The zero-order valence-electron chi connectivity index (χ0n) is 12.5. The molecule has 0 spiro atoms. The molecule has 2 aromatic rings. The number of thiophene rings is 1. The number of carbonyl (C=O) groups excluding carboxylic acids is 1. The largest absolute Gasteiger partial charge is 0.344 e. The Morgan fingerprint density at radius 2 is 2.05 bits per heavy atom. The van der Waals surface area contributed by atoms with E-state index in [1.165, 1.54) is 0 Å². The molecule has 1 aromatic heterocycles. The van der Waals surface area contributed by atoms with Crippen molar-refractivity contribution in [3.05, 3.63) is 51.7 Å². The Kier molecular flexibility index (Phi) is 4.98. The second kappa shape index (κ2) is 6.74. The number of aryl methyl sites for hydroxylation is 1. The third kappa shape index (κ3) is 3.62. The Morgan fingerprint density at radius 3 is 2.62 bits per heavy atom. The van der Waals surface area contributed by atoms with Crippen LogP contribution in [0.1, 0.15) is 40.7 Å². The summed E-state index contributed by atoms with van der Waals surface area (Å²) in [5, 5.41) is 5.14. The summed E-state index contributed by atoms with van der Waals surface area (Å²) in [6, 6.07) is 9.64. The van der Waals surface area contributed by atoms with Gasteiger partial charge in [0.1, 0.15) is 0 Å². The summed E-state index contributed by atoms with van der Waals surface area (Å²) in [4.78, 5) is 13.7. The normalized spacial score (nSPS) is 12.2. The number of nitrogen functional groups attached to an aromatic ring is 1. The molecule has 0 fully saturated rings. The van der Waals surface area contributed by atoms with Crippen LogP contribution in [0.4, 0.5) is 5.69 Å². The van der Waals surface area contributed by atoms with Gasteiger partial charge in [0.05, 0.1) is 17.3 Å². The van der Waals surface area contributed by atoms with Crippen LogP contribution < -0.4 is 16.6 Å². The van der Waals surface area contributed by atoms with Gasteiger partial charge in [-0.05, 0) is 36.4 Å². The van der Waals surface area contributed by atoms with Crippen molar-refractivity contribution >= 4 is 22.9 Å². The Hall–Kier alpha value is -1.85. The van der Waals surface area contributed by atoms with E-state index in [-0.39, 0.29) is 11.9 Å². The maximum Gasteiger partial charge on any atom is 0.253 e. The molecule has 0 saturated carbocycles. The van der Waals surface area contributed by atoms with Gasteiger partial charge in [-0.25, -0.2) is 0 Å². The summed E-state index contributed by atoms with van der Waals surface area (Å²) in [5.41, 5.74) is 4.81. The Morgan fingerprint density at radius 1 is 1.29 bits per heavy atom. The maximum absolute atomic E-state index is 12.6. The molecule has 112 valence electrons. The predicted octanol–water partition coefficient (Wildman–Crippen LogP) is 3.47. The van der Waals surface area contributed by atoms with Crippen molar-refractivity contribution in [1.82, 2.24) is 5.32 Å². The highest BCUT2D eigenvalue weighted by Gasteiger charge is 2.21. The summed E-state index contributed by atoms with van der Waals surface area (Å²) in [6.07, 6.45) is 0. The van der Waals surface area contributed by atoms with Crippen LogP contribution in [0, 0.1) is 12.8 Å². The Labute approximate surface area is 129 Å². The minimum absolute atomic E-state index is 0.00337. The first-order chi connectivity index (χ1) is 10.0. The van der Waals surface area contributed by atoms with E-state index in [0.717, 1.165) is 10.4 Å². The fourth-order valence-electron chi connectivity index (χ4n) is 2.23. The van der Waals surface area contributed by atoms with E-state index in [1.807, 2.05) is 42.6 Å². The third-order valence-corrected chi connectivity index (χ3v) is 4.33. The highest BCUT2D eigenvalue weighted by Crippen LogP contribution is 2.27. The van der Waals surface area contributed by atoms with Gasteiger partial charge >= 0.3 is 0 Å². The molecule has 1 amide bonds. The lowest BCUT2D eigenvalue weighted by molar-refractivity contribution is 0.0927. The second-order valence-corrected chi connectivity index (χ2v) is 6.38. The zero-order valence-corrected chi connectivity index (χ0v) is 13.3. The van der Waals surface area contributed by atoms with Gasteiger partial charge in [-0.1, -0.05) is 31.5 Å². The molecule has 0 radical (unpaired) electrons. The quantitative estimate of drug-likeness (QED) is 0.585. The number of nitrogens with one attached hydrogen (secondary N) is 2. The van der Waals surface area contributed by atoms with Crippen LogP contribution in [0.15, 0.2) is 35.7 Å². The lowest BCUT2D eigenvalue weighted by atomic mass is 10.0. The molecule has 1 heterocycles. The van der Waals surface area contributed by atoms with E-state index in [1.54, 1.807) is 11.3 Å². The number of anilines is 1. The molecule has 0 bridgehead atoms. The number of amides is 1. The monoisotopic (exact) mass is 303 g/mol.